The Hall–Kier alpha value is -2.54. The predicted molar refractivity (Wildman–Crippen MR) is 122 cm³/mol. The molecule has 31 heavy (non-hydrogen) atoms. The van der Waals surface area contributed by atoms with Gasteiger partial charge in [0.25, 0.3) is 0 Å². The molecule has 4 rings (SSSR count). The van der Waals surface area contributed by atoms with Gasteiger partial charge in [-0.25, -0.2) is 13.2 Å². The first-order chi connectivity index (χ1) is 14.9. The normalized spacial score (nSPS) is 19.7. The van der Waals surface area contributed by atoms with Gasteiger partial charge in [0.1, 0.15) is 5.75 Å². The molecule has 1 heterocycles. The number of sulfone groups is 1. The van der Waals surface area contributed by atoms with Crippen LogP contribution in [0.1, 0.15) is 37.7 Å². The van der Waals surface area contributed by atoms with E-state index in [4.69, 9.17) is 4.74 Å². The van der Waals surface area contributed by atoms with Crippen molar-refractivity contribution < 1.29 is 17.9 Å². The zero-order valence-corrected chi connectivity index (χ0v) is 18.8. The lowest BCUT2D eigenvalue weighted by Gasteiger charge is -2.44. The molecule has 2 aromatic carbocycles. The molecule has 7 heteroatoms. The molecule has 166 valence electrons. The van der Waals surface area contributed by atoms with E-state index in [0.717, 1.165) is 41.7 Å². The van der Waals surface area contributed by atoms with Crippen LogP contribution >= 0.6 is 0 Å². The monoisotopic (exact) mass is 442 g/mol. The third-order valence-electron chi connectivity index (χ3n) is 6.62. The van der Waals surface area contributed by atoms with Crippen molar-refractivity contribution in [2.75, 3.05) is 26.0 Å². The first-order valence-corrected chi connectivity index (χ1v) is 12.6. The number of amides is 2. The Balaban J connectivity index is 1.37. The Labute approximate surface area is 184 Å². The summed E-state index contributed by atoms with van der Waals surface area (Å²) in [6, 6.07) is 15.8. The van der Waals surface area contributed by atoms with Gasteiger partial charge in [0, 0.05) is 19.6 Å². The average Bonchev–Trinajstić information content (AvgIpc) is 2.80. The number of ether oxygens (including phenoxy) is 1. The van der Waals surface area contributed by atoms with Crippen molar-refractivity contribution in [1.82, 2.24) is 10.2 Å². The van der Waals surface area contributed by atoms with Crippen LogP contribution < -0.4 is 10.1 Å². The standard InChI is InChI=1S/C24H30N2O4S/c1-30-22-7-5-6-21(16-22)20-10-8-19(9-11-20)17-25-23(27)26-14-15-31(28,29)24(18-26)12-3-2-4-13-24/h5-11,16H,2-4,12-15,17-18H2,1H3,(H,25,27). The van der Waals surface area contributed by atoms with Crippen molar-refractivity contribution in [3.63, 3.8) is 0 Å². The zero-order valence-electron chi connectivity index (χ0n) is 18.0. The van der Waals surface area contributed by atoms with Crippen LogP contribution in [0.5, 0.6) is 5.75 Å². The Morgan fingerprint density at radius 3 is 2.52 bits per heavy atom. The number of rotatable bonds is 4. The number of benzene rings is 2. The van der Waals surface area contributed by atoms with Gasteiger partial charge in [-0.1, -0.05) is 55.7 Å². The second-order valence-corrected chi connectivity index (χ2v) is 11.1. The predicted octanol–water partition coefficient (Wildman–Crippen LogP) is 4.01. The van der Waals surface area contributed by atoms with Gasteiger partial charge in [-0.15, -0.1) is 0 Å². The molecule has 0 aromatic heterocycles. The van der Waals surface area contributed by atoms with Gasteiger partial charge in [0.15, 0.2) is 9.84 Å². The van der Waals surface area contributed by atoms with Gasteiger partial charge >= 0.3 is 6.03 Å². The molecule has 6 nitrogen and oxygen atoms in total. The number of hydrogen-bond donors (Lipinski definition) is 1. The van der Waals surface area contributed by atoms with Crippen LogP contribution in [0.25, 0.3) is 11.1 Å². The molecule has 2 amide bonds. The molecule has 0 unspecified atom stereocenters. The smallest absolute Gasteiger partial charge is 0.317 e. The molecule has 1 N–H and O–H groups in total. The van der Waals surface area contributed by atoms with Crippen LogP contribution in [-0.4, -0.2) is 50.0 Å². The van der Waals surface area contributed by atoms with E-state index in [2.05, 4.69) is 5.32 Å². The molecule has 0 bridgehead atoms. The molecule has 1 saturated heterocycles. The number of hydrogen-bond acceptors (Lipinski definition) is 4. The lowest BCUT2D eigenvalue weighted by Crippen LogP contribution is -2.59. The maximum absolute atomic E-state index is 12.8. The molecular weight excluding hydrogens is 412 g/mol. The largest absolute Gasteiger partial charge is 0.497 e. The van der Waals surface area contributed by atoms with E-state index in [1.807, 2.05) is 48.5 Å². The number of nitrogens with one attached hydrogen (secondary N) is 1. The van der Waals surface area contributed by atoms with Crippen molar-refractivity contribution in [2.24, 2.45) is 0 Å². The summed E-state index contributed by atoms with van der Waals surface area (Å²) in [5, 5.41) is 2.97. The van der Waals surface area contributed by atoms with Crippen LogP contribution in [0.15, 0.2) is 48.5 Å². The molecule has 1 spiro atoms. The van der Waals surface area contributed by atoms with Crippen LogP contribution in [0.2, 0.25) is 0 Å². The van der Waals surface area contributed by atoms with Gasteiger partial charge < -0.3 is 15.0 Å². The maximum Gasteiger partial charge on any atom is 0.317 e. The third-order valence-corrected chi connectivity index (χ3v) is 9.20. The van der Waals surface area contributed by atoms with E-state index in [9.17, 15) is 13.2 Å². The summed E-state index contributed by atoms with van der Waals surface area (Å²) < 4.78 is 30.0. The first kappa shape index (κ1) is 21.7. The number of methoxy groups -OCH3 is 1. The van der Waals surface area contributed by atoms with Crippen molar-refractivity contribution in [1.29, 1.82) is 0 Å². The fourth-order valence-corrected chi connectivity index (χ4v) is 6.87. The number of carbonyl (C=O) groups is 1. The number of carbonyl (C=O) groups excluding carboxylic acids is 1. The second-order valence-electron chi connectivity index (χ2n) is 8.57. The topological polar surface area (TPSA) is 75.7 Å². The second kappa shape index (κ2) is 8.91. The fourth-order valence-electron chi connectivity index (χ4n) is 4.72. The highest BCUT2D eigenvalue weighted by Crippen LogP contribution is 2.38. The minimum Gasteiger partial charge on any atom is -0.497 e. The van der Waals surface area contributed by atoms with Gasteiger partial charge in [-0.05, 0) is 41.7 Å². The molecule has 1 aliphatic heterocycles. The summed E-state index contributed by atoms with van der Waals surface area (Å²) in [5.74, 6) is 0.878. The molecule has 0 radical (unpaired) electrons. The summed E-state index contributed by atoms with van der Waals surface area (Å²) in [6.07, 6.45) is 4.27. The lowest BCUT2D eigenvalue weighted by molar-refractivity contribution is 0.180. The van der Waals surface area contributed by atoms with E-state index in [-0.39, 0.29) is 18.3 Å². The summed E-state index contributed by atoms with van der Waals surface area (Å²) in [5.41, 5.74) is 3.15. The van der Waals surface area contributed by atoms with Gasteiger partial charge in [0.2, 0.25) is 0 Å². The first-order valence-electron chi connectivity index (χ1n) is 10.9. The summed E-state index contributed by atoms with van der Waals surface area (Å²) in [4.78, 5) is 14.5. The summed E-state index contributed by atoms with van der Waals surface area (Å²) in [6.45, 7) is 0.994. The van der Waals surface area contributed by atoms with Gasteiger partial charge in [0.05, 0.1) is 17.6 Å². The average molecular weight is 443 g/mol. The minimum absolute atomic E-state index is 0.0651. The van der Waals surface area contributed by atoms with Gasteiger partial charge in [-0.2, -0.15) is 0 Å². The van der Waals surface area contributed by atoms with E-state index in [1.165, 1.54) is 0 Å². The summed E-state index contributed by atoms with van der Waals surface area (Å²) in [7, 11) is -1.49. The molecule has 1 aliphatic carbocycles. The molecule has 2 aliphatic rings. The van der Waals surface area contributed by atoms with Crippen LogP contribution in [-0.2, 0) is 16.4 Å². The molecule has 0 atom stereocenters. The highest BCUT2D eigenvalue weighted by molar-refractivity contribution is 7.92. The van der Waals surface area contributed by atoms with Crippen molar-refractivity contribution >= 4 is 15.9 Å². The molecule has 2 aromatic rings. The fraction of sp³-hybridized carbons (Fsp3) is 0.458. The van der Waals surface area contributed by atoms with Crippen LogP contribution in [0.4, 0.5) is 4.79 Å². The van der Waals surface area contributed by atoms with Crippen LogP contribution in [0.3, 0.4) is 0 Å². The Bertz CT molecular complexity index is 1030. The zero-order chi connectivity index (χ0) is 21.9. The minimum atomic E-state index is -3.15. The van der Waals surface area contributed by atoms with Crippen molar-refractivity contribution in [3.05, 3.63) is 54.1 Å². The Kier molecular flexibility index (Phi) is 6.23. The van der Waals surface area contributed by atoms with Crippen LogP contribution in [0, 0.1) is 0 Å². The molecule has 1 saturated carbocycles. The van der Waals surface area contributed by atoms with E-state index in [1.54, 1.807) is 12.0 Å². The number of nitrogens with zero attached hydrogens (tertiary/aromatic N) is 1. The highest BCUT2D eigenvalue weighted by atomic mass is 32.2. The number of urea groups is 1. The third kappa shape index (κ3) is 4.56. The highest BCUT2D eigenvalue weighted by Gasteiger charge is 2.49. The van der Waals surface area contributed by atoms with Gasteiger partial charge in [-0.3, -0.25) is 0 Å². The summed E-state index contributed by atoms with van der Waals surface area (Å²) >= 11 is 0. The quantitative estimate of drug-likeness (QED) is 0.776. The van der Waals surface area contributed by atoms with Crippen molar-refractivity contribution in [2.45, 2.75) is 43.4 Å². The Morgan fingerprint density at radius 2 is 1.81 bits per heavy atom. The maximum atomic E-state index is 12.8. The van der Waals surface area contributed by atoms with E-state index >= 15 is 0 Å². The molecular formula is C24H30N2O4S. The lowest BCUT2D eigenvalue weighted by atomic mass is 9.87. The van der Waals surface area contributed by atoms with E-state index < -0.39 is 14.6 Å². The Morgan fingerprint density at radius 1 is 1.06 bits per heavy atom. The van der Waals surface area contributed by atoms with E-state index in [0.29, 0.717) is 25.9 Å². The van der Waals surface area contributed by atoms with Crippen molar-refractivity contribution in [3.8, 4) is 16.9 Å². The molecule has 2 fully saturated rings. The SMILES string of the molecule is COc1cccc(-c2ccc(CNC(=O)N3CCS(=O)(=O)C4(CCCCC4)C3)cc2)c1.